The van der Waals surface area contributed by atoms with Gasteiger partial charge in [0.2, 0.25) is 0 Å². The molecule has 0 aliphatic carbocycles. The van der Waals surface area contributed by atoms with Crippen LogP contribution in [0.15, 0.2) is 12.1 Å². The van der Waals surface area contributed by atoms with E-state index in [9.17, 15) is 0 Å². The summed E-state index contributed by atoms with van der Waals surface area (Å²) in [6.45, 7) is 0.876. The predicted octanol–water partition coefficient (Wildman–Crippen LogP) is 1.17. The van der Waals surface area contributed by atoms with Crippen LogP contribution in [-0.4, -0.2) is 27.4 Å². The molecule has 16 heavy (non-hydrogen) atoms. The maximum atomic E-state index is 8.80. The maximum Gasteiger partial charge on any atom is 0.163 e. The number of nitrogens with zero attached hydrogens (tertiary/aromatic N) is 1. The summed E-state index contributed by atoms with van der Waals surface area (Å²) in [5.74, 6) is 0.998. The molecule has 0 radical (unpaired) electrons. The molecule has 0 aromatic heterocycles. The molecule has 5 heteroatoms. The van der Waals surface area contributed by atoms with E-state index in [1.165, 1.54) is 7.11 Å². The standard InChI is InChI=1S/C11H14N2O3/c1-14-3-4-16-11-6-9(13)8(7-12)5-10(11)15-2/h5-6H,3-4,13H2,1-2H3. The Morgan fingerprint density at radius 2 is 2.00 bits per heavy atom. The van der Waals surface area contributed by atoms with Crippen LogP contribution in [0.25, 0.3) is 0 Å². The Balaban J connectivity index is 2.91. The van der Waals surface area contributed by atoms with Gasteiger partial charge in [0.25, 0.3) is 0 Å². The summed E-state index contributed by atoms with van der Waals surface area (Å²) in [6.07, 6.45) is 0. The number of nitriles is 1. The first-order valence-electron chi connectivity index (χ1n) is 4.72. The lowest BCUT2D eigenvalue weighted by Crippen LogP contribution is -2.06. The minimum atomic E-state index is 0.371. The molecular weight excluding hydrogens is 208 g/mol. The fourth-order valence-electron chi connectivity index (χ4n) is 1.18. The van der Waals surface area contributed by atoms with Gasteiger partial charge >= 0.3 is 0 Å². The number of nitrogen functional groups attached to an aromatic ring is 1. The number of rotatable bonds is 5. The van der Waals surface area contributed by atoms with Crippen LogP contribution in [0, 0.1) is 11.3 Å². The van der Waals surface area contributed by atoms with E-state index in [-0.39, 0.29) is 0 Å². The van der Waals surface area contributed by atoms with E-state index in [0.717, 1.165) is 0 Å². The van der Waals surface area contributed by atoms with Crippen molar-refractivity contribution in [2.75, 3.05) is 33.2 Å². The van der Waals surface area contributed by atoms with Gasteiger partial charge in [0.05, 0.1) is 25.0 Å². The van der Waals surface area contributed by atoms with Crippen molar-refractivity contribution in [3.63, 3.8) is 0 Å². The average molecular weight is 222 g/mol. The monoisotopic (exact) mass is 222 g/mol. The van der Waals surface area contributed by atoms with Crippen molar-refractivity contribution in [1.29, 1.82) is 5.26 Å². The Hall–Kier alpha value is -1.93. The first-order chi connectivity index (χ1) is 7.72. The number of nitrogens with two attached hydrogens (primary N) is 1. The fourth-order valence-corrected chi connectivity index (χ4v) is 1.18. The van der Waals surface area contributed by atoms with Gasteiger partial charge in [-0.1, -0.05) is 0 Å². The van der Waals surface area contributed by atoms with Crippen LogP contribution in [0.3, 0.4) is 0 Å². The molecule has 0 spiro atoms. The minimum Gasteiger partial charge on any atom is -0.493 e. The molecule has 0 heterocycles. The molecule has 0 aliphatic heterocycles. The molecule has 0 unspecified atom stereocenters. The number of methoxy groups -OCH3 is 2. The second-order valence-electron chi connectivity index (χ2n) is 3.04. The van der Waals surface area contributed by atoms with E-state index in [1.807, 2.05) is 6.07 Å². The first-order valence-corrected chi connectivity index (χ1v) is 4.72. The molecule has 1 aromatic rings. The molecule has 1 rings (SSSR count). The van der Waals surface area contributed by atoms with E-state index in [2.05, 4.69) is 0 Å². The molecule has 0 saturated carbocycles. The normalized spacial score (nSPS) is 9.56. The lowest BCUT2D eigenvalue weighted by molar-refractivity contribution is 0.144. The predicted molar refractivity (Wildman–Crippen MR) is 59.5 cm³/mol. The highest BCUT2D eigenvalue weighted by atomic mass is 16.5. The van der Waals surface area contributed by atoms with Gasteiger partial charge in [0, 0.05) is 19.2 Å². The van der Waals surface area contributed by atoms with Gasteiger partial charge in [-0.15, -0.1) is 0 Å². The Morgan fingerprint density at radius 1 is 1.25 bits per heavy atom. The van der Waals surface area contributed by atoms with Crippen molar-refractivity contribution in [3.8, 4) is 17.6 Å². The zero-order valence-corrected chi connectivity index (χ0v) is 9.32. The summed E-state index contributed by atoms with van der Waals surface area (Å²) in [6, 6.07) is 5.11. The van der Waals surface area contributed by atoms with Crippen LogP contribution in [0.4, 0.5) is 5.69 Å². The van der Waals surface area contributed by atoms with Crippen molar-refractivity contribution < 1.29 is 14.2 Å². The lowest BCUT2D eigenvalue weighted by atomic mass is 10.2. The molecule has 86 valence electrons. The Labute approximate surface area is 94.3 Å². The molecule has 0 atom stereocenters. The molecule has 1 aromatic carbocycles. The van der Waals surface area contributed by atoms with Crippen LogP contribution in [0.2, 0.25) is 0 Å². The van der Waals surface area contributed by atoms with Crippen molar-refractivity contribution in [3.05, 3.63) is 17.7 Å². The topological polar surface area (TPSA) is 77.5 Å². The van der Waals surface area contributed by atoms with Crippen molar-refractivity contribution in [1.82, 2.24) is 0 Å². The summed E-state index contributed by atoms with van der Waals surface area (Å²) in [5.41, 5.74) is 6.41. The van der Waals surface area contributed by atoms with Gasteiger partial charge in [-0.05, 0) is 0 Å². The van der Waals surface area contributed by atoms with Crippen LogP contribution in [0.1, 0.15) is 5.56 Å². The fraction of sp³-hybridized carbons (Fsp3) is 0.364. The number of hydrogen-bond acceptors (Lipinski definition) is 5. The first kappa shape index (κ1) is 12.1. The Kier molecular flexibility index (Phi) is 4.42. The van der Waals surface area contributed by atoms with Gasteiger partial charge in [0.1, 0.15) is 12.7 Å². The molecule has 0 amide bonds. The largest absolute Gasteiger partial charge is 0.493 e. The highest BCUT2D eigenvalue weighted by molar-refractivity contribution is 5.62. The van der Waals surface area contributed by atoms with Gasteiger partial charge in [-0.2, -0.15) is 5.26 Å². The van der Waals surface area contributed by atoms with Crippen LogP contribution in [-0.2, 0) is 4.74 Å². The molecule has 0 bridgehead atoms. The van der Waals surface area contributed by atoms with E-state index in [4.69, 9.17) is 25.2 Å². The van der Waals surface area contributed by atoms with Gasteiger partial charge in [-0.3, -0.25) is 0 Å². The molecule has 5 nitrogen and oxygen atoms in total. The summed E-state index contributed by atoms with van der Waals surface area (Å²) in [7, 11) is 3.10. The second-order valence-corrected chi connectivity index (χ2v) is 3.04. The van der Waals surface area contributed by atoms with Crippen molar-refractivity contribution >= 4 is 5.69 Å². The van der Waals surface area contributed by atoms with E-state index in [0.29, 0.717) is 36.0 Å². The molecule has 0 fully saturated rings. The SMILES string of the molecule is COCCOc1cc(N)c(C#N)cc1OC. The third kappa shape index (κ3) is 2.78. The highest BCUT2D eigenvalue weighted by Crippen LogP contribution is 2.31. The zero-order valence-electron chi connectivity index (χ0n) is 9.32. The van der Waals surface area contributed by atoms with Crippen LogP contribution < -0.4 is 15.2 Å². The summed E-state index contributed by atoms with van der Waals surface area (Å²) in [5, 5.41) is 8.80. The van der Waals surface area contributed by atoms with Crippen LogP contribution >= 0.6 is 0 Å². The third-order valence-corrected chi connectivity index (χ3v) is 2.00. The maximum absolute atomic E-state index is 8.80. The average Bonchev–Trinajstić information content (AvgIpc) is 2.30. The van der Waals surface area contributed by atoms with Gasteiger partial charge in [0.15, 0.2) is 11.5 Å². The Bertz CT molecular complexity index is 399. The van der Waals surface area contributed by atoms with E-state index in [1.54, 1.807) is 19.2 Å². The highest BCUT2D eigenvalue weighted by Gasteiger charge is 2.09. The lowest BCUT2D eigenvalue weighted by Gasteiger charge is -2.11. The summed E-state index contributed by atoms with van der Waals surface area (Å²) >= 11 is 0. The summed E-state index contributed by atoms with van der Waals surface area (Å²) < 4.78 is 15.4. The second kappa shape index (κ2) is 5.83. The minimum absolute atomic E-state index is 0.371. The van der Waals surface area contributed by atoms with Crippen molar-refractivity contribution in [2.45, 2.75) is 0 Å². The number of benzene rings is 1. The van der Waals surface area contributed by atoms with Gasteiger partial charge < -0.3 is 19.9 Å². The van der Waals surface area contributed by atoms with E-state index < -0.39 is 0 Å². The quantitative estimate of drug-likeness (QED) is 0.597. The molecular formula is C11H14N2O3. The zero-order chi connectivity index (χ0) is 12.0. The number of hydrogen-bond donors (Lipinski definition) is 1. The van der Waals surface area contributed by atoms with Crippen LogP contribution in [0.5, 0.6) is 11.5 Å². The number of ether oxygens (including phenoxy) is 3. The molecule has 0 saturated heterocycles. The van der Waals surface area contributed by atoms with E-state index >= 15 is 0 Å². The van der Waals surface area contributed by atoms with Gasteiger partial charge in [-0.25, -0.2) is 0 Å². The van der Waals surface area contributed by atoms with Crippen molar-refractivity contribution in [2.24, 2.45) is 0 Å². The molecule has 2 N–H and O–H groups in total. The summed E-state index contributed by atoms with van der Waals surface area (Å²) in [4.78, 5) is 0. The molecule has 0 aliphatic rings. The smallest absolute Gasteiger partial charge is 0.163 e. The number of anilines is 1. The Morgan fingerprint density at radius 3 is 2.56 bits per heavy atom. The third-order valence-electron chi connectivity index (χ3n) is 2.00.